The van der Waals surface area contributed by atoms with Gasteiger partial charge >= 0.3 is 0 Å². The summed E-state index contributed by atoms with van der Waals surface area (Å²) in [5, 5.41) is -0.476. The molecule has 2 heterocycles. The predicted molar refractivity (Wildman–Crippen MR) is 80.1 cm³/mol. The topological polar surface area (TPSA) is 71.5 Å². The molecule has 2 bridgehead atoms. The average molecular weight is 329 g/mol. The van der Waals surface area contributed by atoms with Crippen molar-refractivity contribution in [3.8, 4) is 0 Å². The third kappa shape index (κ3) is 2.62. The van der Waals surface area contributed by atoms with Gasteiger partial charge in [-0.05, 0) is 37.8 Å². The number of piperidine rings is 1. The fraction of sp³-hybridized carbons (Fsp3) is 0.571. The molecule has 0 radical (unpaired) electrons. The van der Waals surface area contributed by atoms with Crippen molar-refractivity contribution in [1.82, 2.24) is 4.31 Å². The van der Waals surface area contributed by atoms with Crippen molar-refractivity contribution in [2.75, 3.05) is 6.26 Å². The Bertz CT molecular complexity index is 713. The normalized spacial score (nSPS) is 30.4. The summed E-state index contributed by atoms with van der Waals surface area (Å²) in [4.78, 5) is 0.335. The predicted octanol–water partition coefficient (Wildman–Crippen LogP) is 1.42. The quantitative estimate of drug-likeness (QED) is 0.841. The highest BCUT2D eigenvalue weighted by molar-refractivity contribution is 7.92. The van der Waals surface area contributed by atoms with Crippen LogP contribution in [0.15, 0.2) is 35.2 Å². The van der Waals surface area contributed by atoms with Crippen molar-refractivity contribution in [2.45, 2.75) is 47.9 Å². The monoisotopic (exact) mass is 329 g/mol. The highest BCUT2D eigenvalue weighted by Gasteiger charge is 2.48. The lowest BCUT2D eigenvalue weighted by atomic mass is 10.1. The molecule has 0 aliphatic carbocycles. The molecule has 2 unspecified atom stereocenters. The van der Waals surface area contributed by atoms with Gasteiger partial charge in [0, 0.05) is 12.1 Å². The van der Waals surface area contributed by atoms with E-state index in [1.165, 1.54) is 10.6 Å². The molecule has 2 saturated heterocycles. The van der Waals surface area contributed by atoms with Gasteiger partial charge in [0.2, 0.25) is 10.0 Å². The van der Waals surface area contributed by atoms with E-state index in [1.807, 2.05) is 0 Å². The first-order valence-corrected chi connectivity index (χ1v) is 10.5. The minimum atomic E-state index is -3.38. The molecule has 1 aromatic rings. The largest absolute Gasteiger partial charge is 0.223 e. The second-order valence-corrected chi connectivity index (χ2v) is 10.0. The molecule has 0 aromatic heterocycles. The Hall–Kier alpha value is -0.920. The van der Waals surface area contributed by atoms with Crippen LogP contribution in [-0.2, 0) is 19.9 Å². The number of benzene rings is 1. The Balaban J connectivity index is 1.89. The van der Waals surface area contributed by atoms with E-state index in [0.717, 1.165) is 12.8 Å². The number of hydrogen-bond donors (Lipinski definition) is 0. The van der Waals surface area contributed by atoms with E-state index < -0.39 is 25.1 Å². The number of hydrogen-bond acceptors (Lipinski definition) is 4. The minimum Gasteiger partial charge on any atom is -0.223 e. The zero-order valence-corrected chi connectivity index (χ0v) is 13.5. The average Bonchev–Trinajstić information content (AvgIpc) is 2.71. The van der Waals surface area contributed by atoms with E-state index in [-0.39, 0.29) is 12.1 Å². The molecule has 1 aromatic carbocycles. The fourth-order valence-corrected chi connectivity index (χ4v) is 7.02. The summed E-state index contributed by atoms with van der Waals surface area (Å²) in [6.07, 6.45) is 3.54. The zero-order chi connectivity index (χ0) is 15.3. The maximum Gasteiger partial charge on any atom is 0.211 e. The van der Waals surface area contributed by atoms with Crippen LogP contribution in [0.5, 0.6) is 0 Å². The van der Waals surface area contributed by atoms with Gasteiger partial charge in [-0.2, -0.15) is 4.31 Å². The third-order valence-corrected chi connectivity index (χ3v) is 8.07. The molecule has 5 nitrogen and oxygen atoms in total. The summed E-state index contributed by atoms with van der Waals surface area (Å²) in [5.74, 6) is 0. The second kappa shape index (κ2) is 5.07. The Labute approximate surface area is 125 Å². The first-order valence-electron chi connectivity index (χ1n) is 7.07. The molecule has 0 N–H and O–H groups in total. The standard InChI is InChI=1S/C14H19NO4S2/c1-20(16,17)15-11-7-8-12(15)10-14(9-11)21(18,19)13-5-3-2-4-6-13/h2-6,11-12,14H,7-10H2,1H3. The maximum atomic E-state index is 12.7. The Kier molecular flexibility index (Phi) is 3.62. The SMILES string of the molecule is CS(=O)(=O)N1C2CCC1CC(S(=O)(=O)c1ccccc1)C2. The van der Waals surface area contributed by atoms with E-state index in [9.17, 15) is 16.8 Å². The van der Waals surface area contributed by atoms with Crippen LogP contribution in [0.3, 0.4) is 0 Å². The highest BCUT2D eigenvalue weighted by atomic mass is 32.2. The van der Waals surface area contributed by atoms with E-state index >= 15 is 0 Å². The summed E-state index contributed by atoms with van der Waals surface area (Å²) in [6, 6.07) is 8.11. The fourth-order valence-electron chi connectivity index (χ4n) is 3.68. The van der Waals surface area contributed by atoms with Crippen LogP contribution in [0.4, 0.5) is 0 Å². The second-order valence-electron chi connectivity index (χ2n) is 5.93. The number of rotatable bonds is 3. The van der Waals surface area contributed by atoms with Gasteiger partial charge in [-0.3, -0.25) is 0 Å². The van der Waals surface area contributed by atoms with Crippen molar-refractivity contribution >= 4 is 19.9 Å². The van der Waals surface area contributed by atoms with Crippen LogP contribution >= 0.6 is 0 Å². The van der Waals surface area contributed by atoms with Gasteiger partial charge in [-0.1, -0.05) is 18.2 Å². The lowest BCUT2D eigenvalue weighted by Gasteiger charge is -2.36. The van der Waals surface area contributed by atoms with Crippen molar-refractivity contribution in [3.05, 3.63) is 30.3 Å². The van der Waals surface area contributed by atoms with Crippen LogP contribution < -0.4 is 0 Å². The molecular weight excluding hydrogens is 310 g/mol. The summed E-state index contributed by atoms with van der Waals surface area (Å²) in [6.45, 7) is 0. The van der Waals surface area contributed by atoms with Crippen molar-refractivity contribution in [3.63, 3.8) is 0 Å². The summed E-state index contributed by atoms with van der Waals surface area (Å²) < 4.78 is 50.6. The van der Waals surface area contributed by atoms with E-state index in [4.69, 9.17) is 0 Å². The summed E-state index contributed by atoms with van der Waals surface area (Å²) >= 11 is 0. The molecule has 3 rings (SSSR count). The minimum absolute atomic E-state index is 0.165. The molecular formula is C14H19NO4S2. The third-order valence-electron chi connectivity index (χ3n) is 4.52. The van der Waals surface area contributed by atoms with Crippen LogP contribution in [-0.4, -0.2) is 44.7 Å². The Morgan fingerprint density at radius 1 is 0.952 bits per heavy atom. The molecule has 0 spiro atoms. The first-order chi connectivity index (χ1) is 9.80. The van der Waals surface area contributed by atoms with E-state index in [2.05, 4.69) is 0 Å². The lowest BCUT2D eigenvalue weighted by molar-refractivity contribution is 0.250. The zero-order valence-electron chi connectivity index (χ0n) is 11.8. The van der Waals surface area contributed by atoms with Crippen LogP contribution in [0.25, 0.3) is 0 Å². The number of sulfone groups is 1. The highest BCUT2D eigenvalue weighted by Crippen LogP contribution is 2.41. The Morgan fingerprint density at radius 3 is 1.95 bits per heavy atom. The number of sulfonamides is 1. The van der Waals surface area contributed by atoms with Crippen LogP contribution in [0.1, 0.15) is 25.7 Å². The van der Waals surface area contributed by atoms with Crippen molar-refractivity contribution in [2.24, 2.45) is 0 Å². The number of nitrogens with zero attached hydrogens (tertiary/aromatic N) is 1. The smallest absolute Gasteiger partial charge is 0.211 e. The molecule has 2 aliphatic rings. The number of fused-ring (bicyclic) bond motifs is 2. The first kappa shape index (κ1) is 15.0. The summed E-state index contributed by atoms with van der Waals surface area (Å²) in [7, 11) is -6.64. The maximum absolute atomic E-state index is 12.7. The van der Waals surface area contributed by atoms with Gasteiger partial charge in [0.25, 0.3) is 0 Å². The molecule has 2 atom stereocenters. The molecule has 21 heavy (non-hydrogen) atoms. The molecule has 2 fully saturated rings. The van der Waals surface area contributed by atoms with Gasteiger partial charge in [-0.15, -0.1) is 0 Å². The van der Waals surface area contributed by atoms with Crippen molar-refractivity contribution < 1.29 is 16.8 Å². The van der Waals surface area contributed by atoms with Crippen molar-refractivity contribution in [1.29, 1.82) is 0 Å². The molecule has 116 valence electrons. The van der Waals surface area contributed by atoms with Crippen LogP contribution in [0, 0.1) is 0 Å². The van der Waals surface area contributed by atoms with Gasteiger partial charge < -0.3 is 0 Å². The Morgan fingerprint density at radius 2 is 1.48 bits per heavy atom. The lowest BCUT2D eigenvalue weighted by Crippen LogP contribution is -2.49. The molecule has 0 amide bonds. The van der Waals surface area contributed by atoms with E-state index in [1.54, 1.807) is 30.3 Å². The summed E-state index contributed by atoms with van der Waals surface area (Å²) in [5.41, 5.74) is 0. The molecule has 2 aliphatic heterocycles. The van der Waals surface area contributed by atoms with Gasteiger partial charge in [-0.25, -0.2) is 16.8 Å². The van der Waals surface area contributed by atoms with Gasteiger partial charge in [0.1, 0.15) is 0 Å². The van der Waals surface area contributed by atoms with E-state index in [0.29, 0.717) is 17.7 Å². The van der Waals surface area contributed by atoms with Gasteiger partial charge in [0.05, 0.1) is 16.4 Å². The molecule has 7 heteroatoms. The molecule has 0 saturated carbocycles. The van der Waals surface area contributed by atoms with Gasteiger partial charge in [0.15, 0.2) is 9.84 Å². The van der Waals surface area contributed by atoms with Crippen LogP contribution in [0.2, 0.25) is 0 Å².